The molecule has 1 amide bonds. The Balaban J connectivity index is 2.05. The second-order valence-electron chi connectivity index (χ2n) is 5.79. The van der Waals surface area contributed by atoms with Crippen LogP contribution in [0.4, 0.5) is 18.0 Å². The molecule has 0 unspecified atom stereocenters. The van der Waals surface area contributed by atoms with Gasteiger partial charge in [-0.25, -0.2) is 4.79 Å². The third kappa shape index (κ3) is 4.93. The van der Waals surface area contributed by atoms with Crippen LogP contribution < -0.4 is 5.32 Å². The highest BCUT2D eigenvalue weighted by Crippen LogP contribution is 2.29. The zero-order chi connectivity index (χ0) is 18.0. The summed E-state index contributed by atoms with van der Waals surface area (Å²) in [6.07, 6.45) is -4.24. The number of alkyl carbamates (subject to hydrolysis) is 1. The van der Waals surface area contributed by atoms with Gasteiger partial charge in [0.1, 0.15) is 17.8 Å². The molecule has 0 radical (unpaired) electrons. The summed E-state index contributed by atoms with van der Waals surface area (Å²) >= 11 is 0. The van der Waals surface area contributed by atoms with Crippen molar-refractivity contribution in [1.29, 1.82) is 0 Å². The maximum atomic E-state index is 12.6. The van der Waals surface area contributed by atoms with E-state index in [9.17, 15) is 18.0 Å². The largest absolute Gasteiger partial charge is 0.444 e. The molecular weight excluding hydrogens is 329 g/mol. The van der Waals surface area contributed by atoms with Crippen molar-refractivity contribution in [2.24, 2.45) is 0 Å². The van der Waals surface area contributed by atoms with Crippen LogP contribution in [0.3, 0.4) is 0 Å². The van der Waals surface area contributed by atoms with E-state index in [0.29, 0.717) is 0 Å². The zero-order valence-corrected chi connectivity index (χ0v) is 13.1. The maximum absolute atomic E-state index is 12.6. The molecule has 1 N–H and O–H groups in total. The van der Waals surface area contributed by atoms with Crippen LogP contribution in [0, 0.1) is 0 Å². The molecule has 0 bridgehead atoms. The first-order chi connectivity index (χ1) is 11.0. The van der Waals surface area contributed by atoms with Gasteiger partial charge in [0.05, 0.1) is 0 Å². The smallest absolute Gasteiger partial charge is 0.433 e. The van der Waals surface area contributed by atoms with Crippen molar-refractivity contribution >= 4 is 6.09 Å². The van der Waals surface area contributed by atoms with Crippen molar-refractivity contribution in [2.75, 3.05) is 0 Å². The number of rotatable bonds is 3. The number of carbonyl (C=O) groups is 1. The number of hydrogen-bond donors (Lipinski definition) is 1. The summed E-state index contributed by atoms with van der Waals surface area (Å²) in [6, 6.07) is 2.14. The Morgan fingerprint density at radius 1 is 1.33 bits per heavy atom. The number of aromatic nitrogens is 3. The molecule has 2 aromatic heterocycles. The van der Waals surface area contributed by atoms with E-state index in [1.165, 1.54) is 6.07 Å². The third-order valence-corrected chi connectivity index (χ3v) is 2.56. The molecule has 2 rings (SSSR count). The van der Waals surface area contributed by atoms with Gasteiger partial charge in [0.2, 0.25) is 11.7 Å². The average Bonchev–Trinajstić information content (AvgIpc) is 2.91. The lowest BCUT2D eigenvalue weighted by Crippen LogP contribution is -2.32. The molecule has 0 aliphatic carbocycles. The number of pyridine rings is 1. The number of carbonyl (C=O) groups excluding carboxylic acids is 1. The summed E-state index contributed by atoms with van der Waals surface area (Å²) in [5, 5.41) is 5.99. The summed E-state index contributed by atoms with van der Waals surface area (Å²) in [7, 11) is 0. The van der Waals surface area contributed by atoms with Gasteiger partial charge in [-0.2, -0.15) is 18.2 Å². The molecule has 0 aliphatic rings. The van der Waals surface area contributed by atoms with Crippen molar-refractivity contribution in [2.45, 2.75) is 39.1 Å². The lowest BCUT2D eigenvalue weighted by molar-refractivity contribution is -0.141. The Morgan fingerprint density at radius 2 is 2.04 bits per heavy atom. The normalized spacial score (nSPS) is 12.1. The standard InChI is InChI=1S/C14H15F3N4O3/c1-13(2,3)23-12(22)19-7-10-20-11(21-24-10)8-4-5-18-9(6-8)14(15,16)17/h4-6H,7H2,1-3H3,(H,19,22). The molecule has 0 fully saturated rings. The number of alkyl halides is 3. The van der Waals surface area contributed by atoms with Gasteiger partial charge < -0.3 is 14.6 Å². The van der Waals surface area contributed by atoms with Crippen LogP contribution in [0.5, 0.6) is 0 Å². The van der Waals surface area contributed by atoms with Crippen molar-refractivity contribution in [3.8, 4) is 11.4 Å². The number of ether oxygens (including phenoxy) is 1. The molecule has 0 aliphatic heterocycles. The quantitative estimate of drug-likeness (QED) is 0.920. The number of amides is 1. The predicted molar refractivity (Wildman–Crippen MR) is 75.6 cm³/mol. The molecule has 0 atom stereocenters. The van der Waals surface area contributed by atoms with E-state index < -0.39 is 23.6 Å². The van der Waals surface area contributed by atoms with Crippen LogP contribution in [-0.4, -0.2) is 26.8 Å². The molecule has 0 saturated heterocycles. The molecule has 7 nitrogen and oxygen atoms in total. The summed E-state index contributed by atoms with van der Waals surface area (Å²) < 4.78 is 47.9. The van der Waals surface area contributed by atoms with Crippen molar-refractivity contribution in [3.63, 3.8) is 0 Å². The second kappa shape index (κ2) is 6.46. The van der Waals surface area contributed by atoms with Crippen LogP contribution in [-0.2, 0) is 17.5 Å². The van der Waals surface area contributed by atoms with E-state index in [0.717, 1.165) is 12.3 Å². The van der Waals surface area contributed by atoms with Gasteiger partial charge in [0, 0.05) is 11.8 Å². The molecule has 0 saturated carbocycles. The Kier molecular flexibility index (Phi) is 4.76. The summed E-state index contributed by atoms with van der Waals surface area (Å²) in [4.78, 5) is 18.7. The van der Waals surface area contributed by atoms with Crippen molar-refractivity contribution in [1.82, 2.24) is 20.4 Å². The predicted octanol–water partition coefficient (Wildman–Crippen LogP) is 3.18. The van der Waals surface area contributed by atoms with Crippen LogP contribution >= 0.6 is 0 Å². The molecule has 0 aromatic carbocycles. The monoisotopic (exact) mass is 344 g/mol. The molecule has 130 valence electrons. The van der Waals surface area contributed by atoms with E-state index in [4.69, 9.17) is 9.26 Å². The Hall–Kier alpha value is -2.65. The van der Waals surface area contributed by atoms with E-state index in [-0.39, 0.29) is 23.8 Å². The maximum Gasteiger partial charge on any atom is 0.433 e. The van der Waals surface area contributed by atoms with Gasteiger partial charge in [-0.15, -0.1) is 0 Å². The third-order valence-electron chi connectivity index (χ3n) is 2.56. The van der Waals surface area contributed by atoms with Gasteiger partial charge in [-0.05, 0) is 32.9 Å². The van der Waals surface area contributed by atoms with Crippen molar-refractivity contribution < 1.29 is 27.2 Å². The highest BCUT2D eigenvalue weighted by molar-refractivity contribution is 5.67. The van der Waals surface area contributed by atoms with Crippen LogP contribution in [0.1, 0.15) is 32.4 Å². The fraction of sp³-hybridized carbons (Fsp3) is 0.429. The first kappa shape index (κ1) is 17.7. The first-order valence-electron chi connectivity index (χ1n) is 6.88. The minimum atomic E-state index is -4.57. The van der Waals surface area contributed by atoms with Crippen molar-refractivity contribution in [3.05, 3.63) is 29.9 Å². The molecular formula is C14H15F3N4O3. The number of hydrogen-bond acceptors (Lipinski definition) is 6. The fourth-order valence-electron chi connectivity index (χ4n) is 1.63. The molecule has 10 heteroatoms. The Morgan fingerprint density at radius 3 is 2.67 bits per heavy atom. The SMILES string of the molecule is CC(C)(C)OC(=O)NCc1nc(-c2ccnc(C(F)(F)F)c2)no1. The molecule has 24 heavy (non-hydrogen) atoms. The second-order valence-corrected chi connectivity index (χ2v) is 5.79. The van der Waals surface area contributed by atoms with E-state index in [1.807, 2.05) is 0 Å². The van der Waals surface area contributed by atoms with E-state index >= 15 is 0 Å². The Bertz CT molecular complexity index is 723. The van der Waals surface area contributed by atoms with E-state index in [1.54, 1.807) is 20.8 Å². The lowest BCUT2D eigenvalue weighted by Gasteiger charge is -2.19. The summed E-state index contributed by atoms with van der Waals surface area (Å²) in [5.41, 5.74) is -1.61. The highest BCUT2D eigenvalue weighted by Gasteiger charge is 2.32. The fourth-order valence-corrected chi connectivity index (χ4v) is 1.63. The summed E-state index contributed by atoms with van der Waals surface area (Å²) in [5.74, 6) is -0.00915. The number of halogens is 3. The van der Waals surface area contributed by atoms with Gasteiger partial charge in [-0.3, -0.25) is 4.98 Å². The minimum absolute atomic E-state index is 0.0289. The Labute approximate surface area is 135 Å². The molecule has 2 heterocycles. The topological polar surface area (TPSA) is 90.1 Å². The average molecular weight is 344 g/mol. The summed E-state index contributed by atoms with van der Waals surface area (Å²) in [6.45, 7) is 5.01. The van der Waals surface area contributed by atoms with Gasteiger partial charge in [-0.1, -0.05) is 5.16 Å². The lowest BCUT2D eigenvalue weighted by atomic mass is 10.2. The van der Waals surface area contributed by atoms with Gasteiger partial charge in [0.25, 0.3) is 0 Å². The molecule has 2 aromatic rings. The number of nitrogens with zero attached hydrogens (tertiary/aromatic N) is 3. The first-order valence-corrected chi connectivity index (χ1v) is 6.88. The van der Waals surface area contributed by atoms with E-state index in [2.05, 4.69) is 20.4 Å². The van der Waals surface area contributed by atoms with Crippen LogP contribution in [0.2, 0.25) is 0 Å². The molecule has 0 spiro atoms. The highest BCUT2D eigenvalue weighted by atomic mass is 19.4. The zero-order valence-electron chi connectivity index (χ0n) is 13.1. The number of nitrogens with one attached hydrogen (secondary N) is 1. The van der Waals surface area contributed by atoms with Gasteiger partial charge >= 0.3 is 12.3 Å². The van der Waals surface area contributed by atoms with Gasteiger partial charge in [0.15, 0.2) is 0 Å². The van der Waals surface area contributed by atoms with Crippen LogP contribution in [0.25, 0.3) is 11.4 Å². The minimum Gasteiger partial charge on any atom is -0.444 e. The van der Waals surface area contributed by atoms with Crippen LogP contribution in [0.15, 0.2) is 22.9 Å².